The van der Waals surface area contributed by atoms with E-state index < -0.39 is 0 Å². The number of aryl methyl sites for hydroxylation is 2. The quantitative estimate of drug-likeness (QED) is 0.501. The number of hydrogen-bond acceptors (Lipinski definition) is 6. The van der Waals surface area contributed by atoms with Crippen molar-refractivity contribution < 1.29 is 0 Å². The highest BCUT2D eigenvalue weighted by Gasteiger charge is 1.90. The Morgan fingerprint density at radius 3 is 1.67 bits per heavy atom. The predicted octanol–water partition coefficient (Wildman–Crippen LogP) is -2.24. The number of hydrogen-bond donors (Lipinski definition) is 0. The monoisotopic (exact) mass is 164 g/mol. The lowest BCUT2D eigenvalue weighted by Gasteiger charge is -1.98. The molecule has 0 N–H and O–H groups in total. The summed E-state index contributed by atoms with van der Waals surface area (Å²) in [5.41, 5.74) is 0. The summed E-state index contributed by atoms with van der Waals surface area (Å²) in [6, 6.07) is 0. The van der Waals surface area contributed by atoms with Crippen LogP contribution in [0.1, 0.15) is 11.6 Å². The zero-order valence-electron chi connectivity index (χ0n) is 5.99. The Labute approximate surface area is 66.8 Å². The maximum absolute atomic E-state index is 3.65. The van der Waals surface area contributed by atoms with Crippen LogP contribution in [-0.2, 0) is 12.8 Å². The third-order valence-corrected chi connectivity index (χ3v) is 1.29. The molecular formula is C4H4N8-2. The van der Waals surface area contributed by atoms with E-state index in [9.17, 15) is 0 Å². The Bertz CT molecular complexity index is 274. The van der Waals surface area contributed by atoms with Crippen LogP contribution in [0.3, 0.4) is 0 Å². The second-order valence-corrected chi connectivity index (χ2v) is 2.09. The van der Waals surface area contributed by atoms with E-state index in [1.165, 1.54) is 0 Å². The minimum atomic E-state index is 0.583. The molecule has 0 aliphatic rings. The molecule has 0 saturated heterocycles. The van der Waals surface area contributed by atoms with Crippen LogP contribution in [0.2, 0.25) is 0 Å². The van der Waals surface area contributed by atoms with Gasteiger partial charge in [0.05, 0.1) is 0 Å². The van der Waals surface area contributed by atoms with E-state index in [1.54, 1.807) is 0 Å². The van der Waals surface area contributed by atoms with Gasteiger partial charge in [0.15, 0.2) is 0 Å². The predicted molar refractivity (Wildman–Crippen MR) is 33.7 cm³/mol. The zero-order valence-corrected chi connectivity index (χ0v) is 5.99. The summed E-state index contributed by atoms with van der Waals surface area (Å²) in [5.74, 6) is 1.17. The van der Waals surface area contributed by atoms with Gasteiger partial charge in [-0.15, -0.1) is 0 Å². The van der Waals surface area contributed by atoms with Crippen molar-refractivity contribution in [2.24, 2.45) is 0 Å². The third kappa shape index (κ3) is 1.41. The van der Waals surface area contributed by atoms with Crippen LogP contribution in [0.5, 0.6) is 0 Å². The van der Waals surface area contributed by atoms with Gasteiger partial charge >= 0.3 is 0 Å². The fourth-order valence-corrected chi connectivity index (χ4v) is 0.750. The van der Waals surface area contributed by atoms with Gasteiger partial charge < -0.3 is 10.2 Å². The summed E-state index contributed by atoms with van der Waals surface area (Å²) in [4.78, 5) is 0. The zero-order chi connectivity index (χ0) is 8.23. The van der Waals surface area contributed by atoms with Gasteiger partial charge in [0, 0.05) is 11.6 Å². The molecule has 0 fully saturated rings. The highest BCUT2D eigenvalue weighted by Crippen LogP contribution is 1.91. The summed E-state index contributed by atoms with van der Waals surface area (Å²) in [6.07, 6.45) is 1.22. The van der Waals surface area contributed by atoms with Crippen molar-refractivity contribution in [2.45, 2.75) is 12.8 Å². The van der Waals surface area contributed by atoms with Gasteiger partial charge in [-0.2, -0.15) is 10.4 Å². The fourth-order valence-electron chi connectivity index (χ4n) is 0.750. The second kappa shape index (κ2) is 3.03. The molecule has 0 aliphatic carbocycles. The van der Waals surface area contributed by atoms with Crippen LogP contribution >= 0.6 is 0 Å². The topological polar surface area (TPSA) is 106 Å². The molecule has 8 nitrogen and oxygen atoms in total. The van der Waals surface area contributed by atoms with Crippen LogP contribution in [0.4, 0.5) is 0 Å². The van der Waals surface area contributed by atoms with E-state index in [2.05, 4.69) is 41.2 Å². The summed E-state index contributed by atoms with van der Waals surface area (Å²) in [6.45, 7) is 0. The maximum Gasteiger partial charge on any atom is 0.0102 e. The average molecular weight is 164 g/mol. The highest BCUT2D eigenvalue weighted by atomic mass is 15.5. The van der Waals surface area contributed by atoms with Crippen molar-refractivity contribution >= 4 is 0 Å². The number of aromatic nitrogens is 8. The molecule has 2 heterocycles. The van der Waals surface area contributed by atoms with E-state index in [4.69, 9.17) is 0 Å². The molecule has 2 aromatic heterocycles. The van der Waals surface area contributed by atoms with E-state index in [0.29, 0.717) is 24.5 Å². The lowest BCUT2D eigenvalue weighted by molar-refractivity contribution is 0.801. The molecule has 0 atom stereocenters. The largest absolute Gasteiger partial charge is 0.335 e. The Hall–Kier alpha value is -1.86. The molecule has 0 unspecified atom stereocenters. The summed E-state index contributed by atoms with van der Waals surface area (Å²) in [5, 5.41) is 27.9. The van der Waals surface area contributed by atoms with Crippen molar-refractivity contribution in [1.82, 2.24) is 41.2 Å². The SMILES string of the molecule is C(Cc1nnn[n-]1)c1nnn[n-]1. The van der Waals surface area contributed by atoms with Crippen LogP contribution in [0, 0.1) is 0 Å². The van der Waals surface area contributed by atoms with Crippen molar-refractivity contribution in [2.75, 3.05) is 0 Å². The Morgan fingerprint density at radius 2 is 1.33 bits per heavy atom. The molecule has 0 amide bonds. The van der Waals surface area contributed by atoms with Crippen LogP contribution < -0.4 is 10.2 Å². The normalized spacial score (nSPS) is 10.3. The molecule has 12 heavy (non-hydrogen) atoms. The van der Waals surface area contributed by atoms with Crippen LogP contribution in [-0.4, -0.2) is 31.1 Å². The maximum atomic E-state index is 3.65. The molecule has 8 heteroatoms. The average Bonchev–Trinajstić information content (AvgIpc) is 2.74. The smallest absolute Gasteiger partial charge is 0.0102 e. The Kier molecular flexibility index (Phi) is 1.72. The summed E-state index contributed by atoms with van der Waals surface area (Å²) in [7, 11) is 0. The van der Waals surface area contributed by atoms with E-state index in [0.717, 1.165) is 0 Å². The van der Waals surface area contributed by atoms with E-state index >= 15 is 0 Å². The van der Waals surface area contributed by atoms with Crippen molar-refractivity contribution in [1.29, 1.82) is 0 Å². The number of tetrazole rings is 2. The molecule has 2 rings (SSSR count). The first-order valence-electron chi connectivity index (χ1n) is 3.30. The second-order valence-electron chi connectivity index (χ2n) is 2.09. The molecule has 0 saturated carbocycles. The van der Waals surface area contributed by atoms with Gasteiger partial charge in [0.25, 0.3) is 0 Å². The molecule has 0 aromatic carbocycles. The minimum Gasteiger partial charge on any atom is -0.335 e. The van der Waals surface area contributed by atoms with Crippen LogP contribution in [0.25, 0.3) is 0 Å². The molecule has 0 radical (unpaired) electrons. The van der Waals surface area contributed by atoms with E-state index in [1.807, 2.05) is 0 Å². The van der Waals surface area contributed by atoms with Crippen molar-refractivity contribution in [3.8, 4) is 0 Å². The highest BCUT2D eigenvalue weighted by molar-refractivity contribution is 4.84. The molecule has 0 spiro atoms. The Balaban J connectivity index is 1.91. The van der Waals surface area contributed by atoms with E-state index in [-0.39, 0.29) is 0 Å². The summed E-state index contributed by atoms with van der Waals surface area (Å²) >= 11 is 0. The first-order valence-corrected chi connectivity index (χ1v) is 3.30. The molecule has 0 bridgehead atoms. The molecular weight excluding hydrogens is 160 g/mol. The van der Waals surface area contributed by atoms with Gasteiger partial charge in [-0.3, -0.25) is 20.6 Å². The molecule has 2 aromatic rings. The lowest BCUT2D eigenvalue weighted by atomic mass is 10.3. The van der Waals surface area contributed by atoms with Crippen LogP contribution in [0.15, 0.2) is 0 Å². The number of rotatable bonds is 3. The molecule has 62 valence electrons. The van der Waals surface area contributed by atoms with Gasteiger partial charge in [-0.1, -0.05) is 0 Å². The van der Waals surface area contributed by atoms with Gasteiger partial charge in [0.1, 0.15) is 0 Å². The van der Waals surface area contributed by atoms with Crippen molar-refractivity contribution in [3.63, 3.8) is 0 Å². The fraction of sp³-hybridized carbons (Fsp3) is 0.500. The van der Waals surface area contributed by atoms with Gasteiger partial charge in [-0.05, 0) is 12.8 Å². The third-order valence-electron chi connectivity index (χ3n) is 1.29. The molecule has 0 aliphatic heterocycles. The summed E-state index contributed by atoms with van der Waals surface area (Å²) < 4.78 is 0. The van der Waals surface area contributed by atoms with Gasteiger partial charge in [-0.25, -0.2) is 0 Å². The minimum absolute atomic E-state index is 0.583. The number of nitrogens with zero attached hydrogens (tertiary/aromatic N) is 8. The van der Waals surface area contributed by atoms with Crippen molar-refractivity contribution in [3.05, 3.63) is 11.6 Å². The first-order chi connectivity index (χ1) is 5.95. The Morgan fingerprint density at radius 1 is 0.833 bits per heavy atom. The first kappa shape index (κ1) is 6.83. The van der Waals surface area contributed by atoms with Gasteiger partial charge in [0.2, 0.25) is 0 Å². The standard InChI is InChI=1S/C4H4N8/c1(3-5-9-10-6-3)2-4-7-11-12-8-4/h1-2H2/q-2. The lowest BCUT2D eigenvalue weighted by Crippen LogP contribution is -1.97.